The Morgan fingerprint density at radius 3 is 2.58 bits per heavy atom. The Hall–Kier alpha value is -4.00. The zero-order chi connectivity index (χ0) is 27.4. The fourth-order valence-corrected chi connectivity index (χ4v) is 4.31. The van der Waals surface area contributed by atoms with E-state index in [1.807, 2.05) is 4.90 Å². The number of primary amides is 1. The summed E-state index contributed by atoms with van der Waals surface area (Å²) in [7, 11) is 0. The molecular formula is C25H25F5N6O2. The standard InChI is InChI=1S/C25H25F5N6O2/c26-19(27)6-3-13-35-12-2-4-16(14-35)36-23(31)21(24(32)37)22(34-36)15-8-10-17(11-9-15)38-20-7-1-5-18(33-20)25(28,29)30/h1,3,5-11,16,19H,2,4,12-14,31H2,(H2,32,37)/b6-3+/t16-/m1/s1. The minimum atomic E-state index is -4.61. The van der Waals surface area contributed by atoms with Gasteiger partial charge in [0.15, 0.2) is 0 Å². The van der Waals surface area contributed by atoms with Crippen LogP contribution in [0.1, 0.15) is 34.9 Å². The summed E-state index contributed by atoms with van der Waals surface area (Å²) < 4.78 is 70.6. The van der Waals surface area contributed by atoms with Crippen LogP contribution in [0.3, 0.4) is 0 Å². The highest BCUT2D eigenvalue weighted by Gasteiger charge is 2.33. The number of halogens is 5. The Bertz CT molecular complexity index is 1310. The van der Waals surface area contributed by atoms with Gasteiger partial charge in [-0.25, -0.2) is 18.4 Å². The van der Waals surface area contributed by atoms with E-state index in [4.69, 9.17) is 16.2 Å². The van der Waals surface area contributed by atoms with Gasteiger partial charge in [-0.05, 0) is 55.8 Å². The molecule has 3 aromatic rings. The first-order valence-electron chi connectivity index (χ1n) is 11.7. The topological polar surface area (TPSA) is 112 Å². The maximum Gasteiger partial charge on any atom is 0.433 e. The molecule has 1 saturated heterocycles. The Morgan fingerprint density at radius 1 is 1.18 bits per heavy atom. The summed E-state index contributed by atoms with van der Waals surface area (Å²) in [6.45, 7) is 1.57. The highest BCUT2D eigenvalue weighted by atomic mass is 19.4. The molecule has 13 heteroatoms. The lowest BCUT2D eigenvalue weighted by atomic mass is 10.1. The molecule has 1 amide bonds. The molecule has 0 bridgehead atoms. The van der Waals surface area contributed by atoms with Crippen molar-refractivity contribution in [3.05, 3.63) is 65.9 Å². The molecule has 0 radical (unpaired) electrons. The zero-order valence-electron chi connectivity index (χ0n) is 20.0. The summed E-state index contributed by atoms with van der Waals surface area (Å²) in [6.07, 6.45) is -3.37. The van der Waals surface area contributed by atoms with E-state index in [1.165, 1.54) is 35.0 Å². The van der Waals surface area contributed by atoms with Crippen LogP contribution in [0.25, 0.3) is 11.3 Å². The number of alkyl halides is 5. The van der Waals surface area contributed by atoms with Crippen molar-refractivity contribution in [3.8, 4) is 22.9 Å². The van der Waals surface area contributed by atoms with Crippen LogP contribution >= 0.6 is 0 Å². The summed E-state index contributed by atoms with van der Waals surface area (Å²) in [5.74, 6) is -0.696. The lowest BCUT2D eigenvalue weighted by Gasteiger charge is -2.32. The number of nitrogens with zero attached hydrogens (tertiary/aromatic N) is 4. The van der Waals surface area contributed by atoms with Crippen molar-refractivity contribution >= 4 is 11.7 Å². The van der Waals surface area contributed by atoms with Crippen LogP contribution in [0.5, 0.6) is 11.6 Å². The second-order valence-corrected chi connectivity index (χ2v) is 8.72. The van der Waals surface area contributed by atoms with E-state index >= 15 is 0 Å². The van der Waals surface area contributed by atoms with Gasteiger partial charge in [0.25, 0.3) is 12.3 Å². The Morgan fingerprint density at radius 2 is 1.92 bits per heavy atom. The number of nitrogen functional groups attached to an aromatic ring is 1. The molecule has 1 fully saturated rings. The molecule has 2 aromatic heterocycles. The largest absolute Gasteiger partial charge is 0.439 e. The number of hydrogen-bond acceptors (Lipinski definition) is 6. The van der Waals surface area contributed by atoms with Gasteiger partial charge in [-0.15, -0.1) is 0 Å². The van der Waals surface area contributed by atoms with Crippen molar-refractivity contribution in [1.29, 1.82) is 0 Å². The first-order chi connectivity index (χ1) is 18.0. The number of amides is 1. The average molecular weight is 537 g/mol. The van der Waals surface area contributed by atoms with Crippen LogP contribution in [0.15, 0.2) is 54.6 Å². The number of allylic oxidation sites excluding steroid dienone is 1. The molecule has 1 aliphatic rings. The van der Waals surface area contributed by atoms with E-state index in [9.17, 15) is 26.7 Å². The van der Waals surface area contributed by atoms with E-state index in [0.29, 0.717) is 18.7 Å². The van der Waals surface area contributed by atoms with Crippen molar-refractivity contribution < 1.29 is 31.5 Å². The summed E-state index contributed by atoms with van der Waals surface area (Å²) in [5.41, 5.74) is 11.6. The molecule has 1 aliphatic heterocycles. The van der Waals surface area contributed by atoms with Crippen molar-refractivity contribution in [3.63, 3.8) is 0 Å². The van der Waals surface area contributed by atoms with Crippen molar-refractivity contribution in [2.45, 2.75) is 31.5 Å². The molecule has 1 atom stereocenters. The Labute approximate surface area is 214 Å². The normalized spacial score (nSPS) is 16.8. The number of carbonyl (C=O) groups excluding carboxylic acids is 1. The number of piperidine rings is 1. The smallest absolute Gasteiger partial charge is 0.433 e. The van der Waals surface area contributed by atoms with Gasteiger partial charge in [0.05, 0.1) is 6.04 Å². The number of rotatable bonds is 8. The van der Waals surface area contributed by atoms with Crippen LogP contribution in [-0.4, -0.2) is 51.6 Å². The summed E-state index contributed by atoms with van der Waals surface area (Å²) >= 11 is 0. The van der Waals surface area contributed by atoms with Crippen molar-refractivity contribution in [2.24, 2.45) is 5.73 Å². The second kappa shape index (κ2) is 11.2. The number of aromatic nitrogens is 3. The fraction of sp³-hybridized carbons (Fsp3) is 0.320. The van der Waals surface area contributed by atoms with Gasteiger partial charge in [-0.2, -0.15) is 18.3 Å². The first-order valence-corrected chi connectivity index (χ1v) is 11.7. The number of anilines is 1. The number of hydrogen-bond donors (Lipinski definition) is 2. The predicted octanol–water partition coefficient (Wildman–Crippen LogP) is 4.90. The first kappa shape index (κ1) is 27.0. The van der Waals surface area contributed by atoms with Crippen molar-refractivity contribution in [2.75, 3.05) is 25.4 Å². The monoisotopic (exact) mass is 536 g/mol. The Kier molecular flexibility index (Phi) is 7.95. The third kappa shape index (κ3) is 6.28. The molecule has 0 saturated carbocycles. The van der Waals surface area contributed by atoms with E-state index < -0.39 is 24.2 Å². The highest BCUT2D eigenvalue weighted by molar-refractivity contribution is 6.03. The number of likely N-dealkylation sites (tertiary alicyclic amines) is 1. The van der Waals surface area contributed by atoms with Crippen LogP contribution in [0.2, 0.25) is 0 Å². The van der Waals surface area contributed by atoms with E-state index in [2.05, 4.69) is 10.1 Å². The number of pyridine rings is 1. The van der Waals surface area contributed by atoms with Crippen LogP contribution < -0.4 is 16.2 Å². The van der Waals surface area contributed by atoms with Gasteiger partial charge in [0.2, 0.25) is 5.88 Å². The number of nitrogens with two attached hydrogens (primary N) is 2. The predicted molar refractivity (Wildman–Crippen MR) is 130 cm³/mol. The highest BCUT2D eigenvalue weighted by Crippen LogP contribution is 2.34. The van der Waals surface area contributed by atoms with Gasteiger partial charge < -0.3 is 16.2 Å². The molecule has 0 aliphatic carbocycles. The molecule has 4 N–H and O–H groups in total. The second-order valence-electron chi connectivity index (χ2n) is 8.72. The Balaban J connectivity index is 1.55. The maximum atomic E-state index is 12.9. The van der Waals surface area contributed by atoms with E-state index in [1.54, 1.807) is 12.1 Å². The van der Waals surface area contributed by atoms with E-state index in [0.717, 1.165) is 31.5 Å². The molecule has 0 unspecified atom stereocenters. The van der Waals surface area contributed by atoms with Gasteiger partial charge in [0, 0.05) is 24.7 Å². The van der Waals surface area contributed by atoms with Crippen LogP contribution in [0.4, 0.5) is 27.8 Å². The van der Waals surface area contributed by atoms with Gasteiger partial charge in [-0.3, -0.25) is 9.69 Å². The molecule has 4 rings (SSSR count). The van der Waals surface area contributed by atoms with Gasteiger partial charge in [0.1, 0.15) is 28.5 Å². The lowest BCUT2D eigenvalue weighted by Crippen LogP contribution is -2.37. The van der Waals surface area contributed by atoms with Crippen LogP contribution in [0, 0.1) is 0 Å². The summed E-state index contributed by atoms with van der Waals surface area (Å²) in [5, 5.41) is 4.57. The summed E-state index contributed by atoms with van der Waals surface area (Å²) in [4.78, 5) is 17.7. The molecular weight excluding hydrogens is 511 g/mol. The number of benzene rings is 1. The third-order valence-electron chi connectivity index (χ3n) is 6.03. The molecule has 8 nitrogen and oxygen atoms in total. The molecule has 3 heterocycles. The van der Waals surface area contributed by atoms with Crippen molar-refractivity contribution in [1.82, 2.24) is 19.7 Å². The fourth-order valence-electron chi connectivity index (χ4n) is 4.31. The molecule has 1 aromatic carbocycles. The number of carbonyl (C=O) groups is 1. The third-order valence-corrected chi connectivity index (χ3v) is 6.03. The minimum absolute atomic E-state index is 0.0351. The molecule has 202 valence electrons. The van der Waals surface area contributed by atoms with Gasteiger partial charge >= 0.3 is 6.18 Å². The van der Waals surface area contributed by atoms with E-state index in [-0.39, 0.29) is 34.7 Å². The average Bonchev–Trinajstić information content (AvgIpc) is 3.21. The molecule has 38 heavy (non-hydrogen) atoms. The quantitative estimate of drug-likeness (QED) is 0.313. The maximum absolute atomic E-state index is 12.9. The van der Waals surface area contributed by atoms with Crippen LogP contribution in [-0.2, 0) is 6.18 Å². The molecule has 0 spiro atoms. The lowest BCUT2D eigenvalue weighted by molar-refractivity contribution is -0.141. The van der Waals surface area contributed by atoms with Gasteiger partial charge in [-0.1, -0.05) is 12.1 Å². The number of ether oxygens (including phenoxy) is 1. The minimum Gasteiger partial charge on any atom is -0.439 e. The zero-order valence-corrected chi connectivity index (χ0v) is 20.0. The SMILES string of the molecule is NC(=O)c1c(-c2ccc(Oc3cccc(C(F)(F)F)n3)cc2)nn([C@@H]2CCCN(C/C=C/C(F)F)C2)c1N. The summed E-state index contributed by atoms with van der Waals surface area (Å²) in [6, 6.07) is 9.26.